The summed E-state index contributed by atoms with van der Waals surface area (Å²) in [6, 6.07) is 7.52. The second kappa shape index (κ2) is 9.31. The van der Waals surface area contributed by atoms with E-state index < -0.39 is 0 Å². The summed E-state index contributed by atoms with van der Waals surface area (Å²) < 4.78 is 28.9. The topological polar surface area (TPSA) is 46.2 Å². The number of halogens is 2. The molecule has 0 atom stereocenters. The van der Waals surface area contributed by atoms with Crippen LogP contribution in [0.25, 0.3) is 0 Å². The zero-order valence-electron chi connectivity index (χ0n) is 14.5. The van der Waals surface area contributed by atoms with Gasteiger partial charge in [-0.2, -0.15) is 0 Å². The van der Waals surface area contributed by atoms with Crippen LogP contribution in [0.1, 0.15) is 11.1 Å². The average Bonchev–Trinajstić information content (AvgIpc) is 2.63. The van der Waals surface area contributed by atoms with Crippen molar-refractivity contribution in [1.82, 2.24) is 0 Å². The molecule has 0 aliphatic rings. The summed E-state index contributed by atoms with van der Waals surface area (Å²) in [5.41, 5.74) is 1.93. The fraction of sp³-hybridized carbons (Fsp3) is 0.333. The summed E-state index contributed by atoms with van der Waals surface area (Å²) in [7, 11) is 6.43. The normalized spacial score (nSPS) is 10.5. The maximum atomic E-state index is 5.86. The van der Waals surface area contributed by atoms with Gasteiger partial charge in [-0.05, 0) is 35.4 Å². The van der Waals surface area contributed by atoms with Crippen molar-refractivity contribution in [3.8, 4) is 23.0 Å². The summed E-state index contributed by atoms with van der Waals surface area (Å²) in [5, 5.41) is 0. The molecule has 0 saturated carbocycles. The van der Waals surface area contributed by atoms with Crippen molar-refractivity contribution in [2.75, 3.05) is 28.4 Å². The lowest BCUT2D eigenvalue weighted by Crippen LogP contribution is -1.99. The van der Waals surface area contributed by atoms with Crippen molar-refractivity contribution < 1.29 is 23.7 Å². The third-order valence-corrected chi connectivity index (χ3v) is 5.10. The average molecular weight is 476 g/mol. The highest BCUT2D eigenvalue weighted by molar-refractivity contribution is 9.10. The smallest absolute Gasteiger partial charge is 0.161 e. The number of rotatable bonds is 8. The van der Waals surface area contributed by atoms with E-state index in [0.717, 1.165) is 20.1 Å². The molecule has 0 aliphatic heterocycles. The summed E-state index contributed by atoms with van der Waals surface area (Å²) >= 11 is 7.07. The Kier molecular flexibility index (Phi) is 7.40. The Morgan fingerprint density at radius 3 is 1.24 bits per heavy atom. The van der Waals surface area contributed by atoms with Crippen molar-refractivity contribution in [2.24, 2.45) is 0 Å². The fourth-order valence-corrected chi connectivity index (χ4v) is 3.16. The van der Waals surface area contributed by atoms with Gasteiger partial charge in [-0.1, -0.05) is 31.9 Å². The van der Waals surface area contributed by atoms with Crippen LogP contribution >= 0.6 is 31.9 Å². The van der Waals surface area contributed by atoms with E-state index in [1.54, 1.807) is 28.4 Å². The number of benzene rings is 2. The van der Waals surface area contributed by atoms with Crippen LogP contribution < -0.4 is 18.9 Å². The van der Waals surface area contributed by atoms with E-state index in [9.17, 15) is 0 Å². The van der Waals surface area contributed by atoms with E-state index in [1.165, 1.54) is 0 Å². The van der Waals surface area contributed by atoms with Crippen LogP contribution in [0.15, 0.2) is 33.2 Å². The van der Waals surface area contributed by atoms with E-state index in [0.29, 0.717) is 36.2 Å². The van der Waals surface area contributed by atoms with Gasteiger partial charge in [0.25, 0.3) is 0 Å². The van der Waals surface area contributed by atoms with Gasteiger partial charge in [0.1, 0.15) is 0 Å². The quantitative estimate of drug-likeness (QED) is 0.539. The minimum absolute atomic E-state index is 0.418. The van der Waals surface area contributed by atoms with Crippen LogP contribution in [0.5, 0.6) is 23.0 Å². The third-order valence-electron chi connectivity index (χ3n) is 3.62. The molecule has 5 nitrogen and oxygen atoms in total. The lowest BCUT2D eigenvalue weighted by atomic mass is 10.2. The monoisotopic (exact) mass is 474 g/mol. The first-order valence-corrected chi connectivity index (χ1v) is 9.01. The highest BCUT2D eigenvalue weighted by atomic mass is 79.9. The number of methoxy groups -OCH3 is 4. The summed E-state index contributed by atoms with van der Waals surface area (Å²) in [5.74, 6) is 2.66. The molecule has 0 aromatic heterocycles. The molecule has 0 bridgehead atoms. The van der Waals surface area contributed by atoms with Gasteiger partial charge in [0.15, 0.2) is 23.0 Å². The lowest BCUT2D eigenvalue weighted by molar-refractivity contribution is 0.106. The molecule has 2 rings (SSSR count). The van der Waals surface area contributed by atoms with Crippen molar-refractivity contribution in [3.05, 3.63) is 44.3 Å². The van der Waals surface area contributed by atoms with Gasteiger partial charge >= 0.3 is 0 Å². The predicted octanol–water partition coefficient (Wildman–Crippen LogP) is 4.96. The molecule has 0 fully saturated rings. The number of hydrogen-bond donors (Lipinski definition) is 0. The Morgan fingerprint density at radius 1 is 0.600 bits per heavy atom. The van der Waals surface area contributed by atoms with E-state index in [4.69, 9.17) is 23.7 Å². The van der Waals surface area contributed by atoms with E-state index in [2.05, 4.69) is 31.9 Å². The van der Waals surface area contributed by atoms with Crippen LogP contribution in [0.2, 0.25) is 0 Å². The van der Waals surface area contributed by atoms with Crippen molar-refractivity contribution in [1.29, 1.82) is 0 Å². The second-order valence-electron chi connectivity index (χ2n) is 5.09. The minimum atomic E-state index is 0.418. The van der Waals surface area contributed by atoms with Gasteiger partial charge in [0.2, 0.25) is 0 Å². The van der Waals surface area contributed by atoms with Gasteiger partial charge in [0, 0.05) is 8.95 Å². The molecule has 25 heavy (non-hydrogen) atoms. The van der Waals surface area contributed by atoms with Gasteiger partial charge in [-0.3, -0.25) is 0 Å². The molecule has 136 valence electrons. The molecular formula is C18H20Br2O5. The van der Waals surface area contributed by atoms with Crippen LogP contribution in [0, 0.1) is 0 Å². The summed E-state index contributed by atoms with van der Waals surface area (Å²) in [6.07, 6.45) is 0. The van der Waals surface area contributed by atoms with Crippen LogP contribution in [0.4, 0.5) is 0 Å². The Labute approximate surface area is 164 Å². The molecule has 0 N–H and O–H groups in total. The SMILES string of the molecule is COc1cc(Br)c(COCc2cc(OC)c(OC)cc2Br)cc1OC. The first kappa shape index (κ1) is 19.9. The van der Waals surface area contributed by atoms with E-state index >= 15 is 0 Å². The van der Waals surface area contributed by atoms with Crippen LogP contribution in [-0.2, 0) is 18.0 Å². The number of hydrogen-bond acceptors (Lipinski definition) is 5. The molecule has 0 saturated heterocycles. The van der Waals surface area contributed by atoms with Gasteiger partial charge in [-0.15, -0.1) is 0 Å². The Morgan fingerprint density at radius 2 is 0.920 bits per heavy atom. The molecular weight excluding hydrogens is 456 g/mol. The molecule has 7 heteroatoms. The first-order chi connectivity index (χ1) is 12.0. The van der Waals surface area contributed by atoms with Crippen LogP contribution in [-0.4, -0.2) is 28.4 Å². The van der Waals surface area contributed by atoms with Crippen molar-refractivity contribution in [3.63, 3.8) is 0 Å². The largest absolute Gasteiger partial charge is 0.493 e. The molecule has 2 aromatic rings. The highest BCUT2D eigenvalue weighted by Crippen LogP contribution is 2.35. The minimum Gasteiger partial charge on any atom is -0.493 e. The van der Waals surface area contributed by atoms with E-state index in [-0.39, 0.29) is 0 Å². The maximum absolute atomic E-state index is 5.86. The number of ether oxygens (including phenoxy) is 5. The Bertz CT molecular complexity index is 672. The third kappa shape index (κ3) is 4.80. The molecule has 0 unspecified atom stereocenters. The molecule has 0 radical (unpaired) electrons. The Hall–Kier alpha value is -1.44. The van der Waals surface area contributed by atoms with Gasteiger partial charge in [0.05, 0.1) is 41.7 Å². The fourth-order valence-electron chi connectivity index (χ4n) is 2.28. The standard InChI is InChI=1S/C18H20Br2O5/c1-21-15-5-11(13(19)7-17(15)23-3)9-25-10-12-6-16(22-2)18(24-4)8-14(12)20/h5-8H,9-10H2,1-4H3. The molecule has 0 amide bonds. The lowest BCUT2D eigenvalue weighted by Gasteiger charge is -2.14. The highest BCUT2D eigenvalue weighted by Gasteiger charge is 2.12. The van der Waals surface area contributed by atoms with Crippen molar-refractivity contribution in [2.45, 2.75) is 13.2 Å². The van der Waals surface area contributed by atoms with Crippen LogP contribution in [0.3, 0.4) is 0 Å². The molecule has 2 aromatic carbocycles. The zero-order valence-corrected chi connectivity index (χ0v) is 17.7. The molecule has 0 spiro atoms. The predicted molar refractivity (Wildman–Crippen MR) is 103 cm³/mol. The second-order valence-corrected chi connectivity index (χ2v) is 6.80. The van der Waals surface area contributed by atoms with Crippen molar-refractivity contribution >= 4 is 31.9 Å². The first-order valence-electron chi connectivity index (χ1n) is 7.42. The maximum Gasteiger partial charge on any atom is 0.161 e. The summed E-state index contributed by atoms with van der Waals surface area (Å²) in [6.45, 7) is 0.837. The molecule has 0 aliphatic carbocycles. The molecule has 0 heterocycles. The Balaban J connectivity index is 2.11. The summed E-state index contributed by atoms with van der Waals surface area (Å²) in [4.78, 5) is 0. The van der Waals surface area contributed by atoms with Gasteiger partial charge in [-0.25, -0.2) is 0 Å². The van der Waals surface area contributed by atoms with Gasteiger partial charge < -0.3 is 23.7 Å². The zero-order chi connectivity index (χ0) is 18.4. The van der Waals surface area contributed by atoms with E-state index in [1.807, 2.05) is 24.3 Å².